The van der Waals surface area contributed by atoms with Crippen LogP contribution in [0.1, 0.15) is 6.92 Å². The summed E-state index contributed by atoms with van der Waals surface area (Å²) in [5, 5.41) is 5.81. The van der Waals surface area contributed by atoms with Crippen LogP contribution in [0.25, 0.3) is 0 Å². The molecule has 0 spiro atoms. The number of nitrogens with one attached hydrogen (secondary N) is 2. The summed E-state index contributed by atoms with van der Waals surface area (Å²) in [6.45, 7) is 2.51. The predicted molar refractivity (Wildman–Crippen MR) is 114 cm³/mol. The molecule has 2 amide bonds. The fourth-order valence-corrected chi connectivity index (χ4v) is 3.85. The molecule has 1 saturated heterocycles. The van der Waals surface area contributed by atoms with Crippen molar-refractivity contribution >= 4 is 39.1 Å². The zero-order chi connectivity index (χ0) is 21.9. The van der Waals surface area contributed by atoms with Crippen molar-refractivity contribution in [1.82, 2.24) is 4.31 Å². The number of cyclic esters (lactones) is 1. The Morgan fingerprint density at radius 2 is 1.83 bits per heavy atom. The first kappa shape index (κ1) is 21.6. The van der Waals surface area contributed by atoms with Gasteiger partial charge in [0.05, 0.1) is 11.4 Å². The van der Waals surface area contributed by atoms with E-state index in [2.05, 4.69) is 10.6 Å². The molecule has 30 heavy (non-hydrogen) atoms. The predicted octanol–water partition coefficient (Wildman–Crippen LogP) is 2.33. The summed E-state index contributed by atoms with van der Waals surface area (Å²) < 4.78 is 30.6. The van der Waals surface area contributed by atoms with Crippen LogP contribution >= 0.6 is 0 Å². The molecule has 10 heteroatoms. The number of ether oxygens (including phenoxy) is 1. The van der Waals surface area contributed by atoms with E-state index in [4.69, 9.17) is 4.74 Å². The number of hydrogen-bond donors (Lipinski definition) is 2. The maximum Gasteiger partial charge on any atom is 0.414 e. The van der Waals surface area contributed by atoms with Gasteiger partial charge in [-0.25, -0.2) is 17.5 Å². The highest BCUT2D eigenvalue weighted by atomic mass is 32.2. The smallest absolute Gasteiger partial charge is 0.414 e. The number of carbonyl (C=O) groups excluding carboxylic acids is 2. The van der Waals surface area contributed by atoms with Crippen molar-refractivity contribution in [2.75, 3.05) is 42.8 Å². The Morgan fingerprint density at radius 1 is 1.13 bits per heavy atom. The first-order chi connectivity index (χ1) is 14.2. The Kier molecular flexibility index (Phi) is 6.28. The summed E-state index contributed by atoms with van der Waals surface area (Å²) in [6.07, 6.45) is -0.398. The Labute approximate surface area is 175 Å². The Morgan fingerprint density at radius 3 is 2.50 bits per heavy atom. The van der Waals surface area contributed by atoms with Gasteiger partial charge in [-0.3, -0.25) is 9.69 Å². The summed E-state index contributed by atoms with van der Waals surface area (Å²) in [6, 6.07) is 12.6. The third-order valence-electron chi connectivity index (χ3n) is 4.58. The molecule has 2 aromatic carbocycles. The van der Waals surface area contributed by atoms with Gasteiger partial charge in [-0.1, -0.05) is 12.1 Å². The molecule has 0 saturated carbocycles. The molecule has 2 aromatic rings. The molecule has 1 atom stereocenters. The van der Waals surface area contributed by atoms with Gasteiger partial charge in [-0.15, -0.1) is 0 Å². The highest BCUT2D eigenvalue weighted by Gasteiger charge is 2.24. The Balaban J connectivity index is 1.68. The van der Waals surface area contributed by atoms with E-state index in [1.54, 1.807) is 43.3 Å². The maximum atomic E-state index is 12.6. The minimum atomic E-state index is -3.60. The lowest BCUT2D eigenvalue weighted by molar-refractivity contribution is -0.116. The second-order valence-electron chi connectivity index (χ2n) is 6.99. The molecule has 3 rings (SSSR count). The van der Waals surface area contributed by atoms with Gasteiger partial charge in [0.15, 0.2) is 0 Å². The second kappa shape index (κ2) is 8.72. The average Bonchev–Trinajstić information content (AvgIpc) is 3.14. The fraction of sp³-hybridized carbons (Fsp3) is 0.300. The maximum absolute atomic E-state index is 12.6. The number of carbonyl (C=O) groups is 2. The van der Waals surface area contributed by atoms with Gasteiger partial charge in [0, 0.05) is 31.2 Å². The number of nitrogens with zero attached hydrogens (tertiary/aromatic N) is 2. The van der Waals surface area contributed by atoms with E-state index in [0.29, 0.717) is 30.2 Å². The standard InChI is InChI=1S/C20H24N4O5S/c1-14(21-15-6-4-8-17(12-15)24-10-11-29-20(24)26)19(25)22-16-7-5-9-18(13-16)30(27,28)23(2)3/h4-9,12-14,21H,10-11H2,1-3H3,(H,22,25). The van der Waals surface area contributed by atoms with E-state index in [1.807, 2.05) is 0 Å². The van der Waals surface area contributed by atoms with E-state index in [1.165, 1.54) is 31.1 Å². The van der Waals surface area contributed by atoms with Crippen LogP contribution in [0.2, 0.25) is 0 Å². The molecular formula is C20H24N4O5S. The molecule has 1 fully saturated rings. The summed E-state index contributed by atoms with van der Waals surface area (Å²) in [4.78, 5) is 25.9. The van der Waals surface area contributed by atoms with Crippen LogP contribution in [-0.2, 0) is 19.6 Å². The van der Waals surface area contributed by atoms with E-state index < -0.39 is 22.2 Å². The van der Waals surface area contributed by atoms with Crippen molar-refractivity contribution in [3.8, 4) is 0 Å². The van der Waals surface area contributed by atoms with Crippen molar-refractivity contribution in [2.45, 2.75) is 17.9 Å². The molecule has 160 valence electrons. The topological polar surface area (TPSA) is 108 Å². The van der Waals surface area contributed by atoms with Gasteiger partial charge in [0.25, 0.3) is 0 Å². The molecule has 0 aromatic heterocycles. The van der Waals surface area contributed by atoms with Gasteiger partial charge in [-0.2, -0.15) is 0 Å². The molecule has 1 heterocycles. The van der Waals surface area contributed by atoms with Crippen LogP contribution in [0.15, 0.2) is 53.4 Å². The van der Waals surface area contributed by atoms with Crippen LogP contribution in [0.3, 0.4) is 0 Å². The van der Waals surface area contributed by atoms with Gasteiger partial charge in [0.1, 0.15) is 12.6 Å². The van der Waals surface area contributed by atoms with Crippen LogP contribution in [0, 0.1) is 0 Å². The van der Waals surface area contributed by atoms with Crippen LogP contribution in [0.5, 0.6) is 0 Å². The summed E-state index contributed by atoms with van der Waals surface area (Å²) in [7, 11) is -0.703. The van der Waals surface area contributed by atoms with Gasteiger partial charge in [-0.05, 0) is 43.3 Å². The van der Waals surface area contributed by atoms with E-state index in [-0.39, 0.29) is 10.8 Å². The summed E-state index contributed by atoms with van der Waals surface area (Å²) >= 11 is 0. The van der Waals surface area contributed by atoms with Crippen molar-refractivity contribution in [3.63, 3.8) is 0 Å². The highest BCUT2D eigenvalue weighted by Crippen LogP contribution is 2.23. The van der Waals surface area contributed by atoms with E-state index >= 15 is 0 Å². The number of hydrogen-bond acceptors (Lipinski definition) is 6. The minimum absolute atomic E-state index is 0.0936. The van der Waals surface area contributed by atoms with Crippen molar-refractivity contribution in [2.24, 2.45) is 0 Å². The van der Waals surface area contributed by atoms with E-state index in [9.17, 15) is 18.0 Å². The third-order valence-corrected chi connectivity index (χ3v) is 6.39. The number of benzene rings is 2. The lowest BCUT2D eigenvalue weighted by Crippen LogP contribution is -2.32. The number of rotatable bonds is 7. The van der Waals surface area contributed by atoms with Gasteiger partial charge >= 0.3 is 6.09 Å². The van der Waals surface area contributed by atoms with Crippen molar-refractivity contribution in [1.29, 1.82) is 0 Å². The molecule has 0 aliphatic carbocycles. The summed E-state index contributed by atoms with van der Waals surface area (Å²) in [5.74, 6) is -0.333. The Hall–Kier alpha value is -3.11. The van der Waals surface area contributed by atoms with E-state index in [0.717, 1.165) is 4.31 Å². The zero-order valence-corrected chi connectivity index (χ0v) is 17.8. The lowest BCUT2D eigenvalue weighted by Gasteiger charge is -2.18. The van der Waals surface area contributed by atoms with Gasteiger partial charge in [0.2, 0.25) is 15.9 Å². The zero-order valence-electron chi connectivity index (χ0n) is 17.0. The average molecular weight is 433 g/mol. The molecule has 1 aliphatic heterocycles. The first-order valence-electron chi connectivity index (χ1n) is 9.33. The molecule has 1 aliphatic rings. The largest absolute Gasteiger partial charge is 0.447 e. The molecule has 2 N–H and O–H groups in total. The normalized spacial score (nSPS) is 15.1. The number of amides is 2. The fourth-order valence-electron chi connectivity index (χ4n) is 2.90. The lowest BCUT2D eigenvalue weighted by atomic mass is 10.2. The van der Waals surface area contributed by atoms with Crippen LogP contribution < -0.4 is 15.5 Å². The highest BCUT2D eigenvalue weighted by molar-refractivity contribution is 7.89. The first-order valence-corrected chi connectivity index (χ1v) is 10.8. The minimum Gasteiger partial charge on any atom is -0.447 e. The van der Waals surface area contributed by atoms with Crippen LogP contribution in [-0.4, -0.2) is 58.0 Å². The third kappa shape index (κ3) is 4.71. The van der Waals surface area contributed by atoms with Crippen molar-refractivity contribution in [3.05, 3.63) is 48.5 Å². The van der Waals surface area contributed by atoms with Gasteiger partial charge < -0.3 is 15.4 Å². The molecule has 0 bridgehead atoms. The summed E-state index contributed by atoms with van der Waals surface area (Å²) in [5.41, 5.74) is 1.72. The molecular weight excluding hydrogens is 408 g/mol. The second-order valence-corrected chi connectivity index (χ2v) is 9.14. The SMILES string of the molecule is CC(Nc1cccc(N2CCOC2=O)c1)C(=O)Nc1cccc(S(=O)(=O)N(C)C)c1. The monoisotopic (exact) mass is 432 g/mol. The quantitative estimate of drug-likeness (QED) is 0.695. The number of sulfonamides is 1. The molecule has 1 unspecified atom stereocenters. The van der Waals surface area contributed by atoms with Crippen molar-refractivity contribution < 1.29 is 22.7 Å². The number of anilines is 3. The molecule has 9 nitrogen and oxygen atoms in total. The molecule has 0 radical (unpaired) electrons. The van der Waals surface area contributed by atoms with Crippen LogP contribution in [0.4, 0.5) is 21.9 Å². The Bertz CT molecular complexity index is 1050.